The van der Waals surface area contributed by atoms with Crippen LogP contribution in [0.5, 0.6) is 0 Å². The van der Waals surface area contributed by atoms with Crippen molar-refractivity contribution in [3.63, 3.8) is 0 Å². The maximum absolute atomic E-state index is 13.9. The molecule has 2 aliphatic rings. The Hall–Kier alpha value is -2.28. The van der Waals surface area contributed by atoms with Gasteiger partial charge in [-0.3, -0.25) is 24.2 Å². The van der Waals surface area contributed by atoms with Gasteiger partial charge in [0.2, 0.25) is 17.7 Å². The van der Waals surface area contributed by atoms with E-state index >= 15 is 0 Å². The first-order chi connectivity index (χ1) is 12.0. The molecule has 0 aliphatic carbocycles. The lowest BCUT2D eigenvalue weighted by Crippen LogP contribution is -2.52. The Labute approximate surface area is 146 Å². The molecule has 134 valence electrons. The number of halogens is 1. The molecule has 0 radical (unpaired) electrons. The van der Waals surface area contributed by atoms with E-state index in [0.717, 1.165) is 4.90 Å². The fraction of sp³-hybridized carbons (Fsp3) is 0.500. The first-order valence-electron chi connectivity index (χ1n) is 8.57. The summed E-state index contributed by atoms with van der Waals surface area (Å²) in [5, 5.41) is 0. The Kier molecular flexibility index (Phi) is 5.13. The van der Waals surface area contributed by atoms with E-state index in [9.17, 15) is 18.8 Å². The summed E-state index contributed by atoms with van der Waals surface area (Å²) < 4.78 is 13.9. The second-order valence-electron chi connectivity index (χ2n) is 6.49. The summed E-state index contributed by atoms with van der Waals surface area (Å²) in [4.78, 5) is 40.5. The van der Waals surface area contributed by atoms with Crippen LogP contribution < -0.4 is 0 Å². The van der Waals surface area contributed by atoms with Gasteiger partial charge in [0.05, 0.1) is 0 Å². The third kappa shape index (κ3) is 3.71. The van der Waals surface area contributed by atoms with Crippen molar-refractivity contribution in [2.24, 2.45) is 0 Å². The Morgan fingerprint density at radius 2 is 1.68 bits per heavy atom. The van der Waals surface area contributed by atoms with Crippen LogP contribution in [0.1, 0.15) is 31.4 Å². The quantitative estimate of drug-likeness (QED) is 0.768. The van der Waals surface area contributed by atoms with Crippen molar-refractivity contribution in [2.45, 2.75) is 25.8 Å². The van der Waals surface area contributed by atoms with Crippen LogP contribution in [0.25, 0.3) is 0 Å². The van der Waals surface area contributed by atoms with Crippen molar-refractivity contribution in [2.75, 3.05) is 32.7 Å². The number of hydrogen-bond donors (Lipinski definition) is 0. The second-order valence-corrected chi connectivity index (χ2v) is 6.49. The largest absolute Gasteiger partial charge is 0.339 e. The van der Waals surface area contributed by atoms with Crippen LogP contribution in [0.3, 0.4) is 0 Å². The van der Waals surface area contributed by atoms with Gasteiger partial charge in [0.15, 0.2) is 0 Å². The van der Waals surface area contributed by atoms with E-state index in [1.54, 1.807) is 17.0 Å². The van der Waals surface area contributed by atoms with E-state index in [-0.39, 0.29) is 49.0 Å². The molecule has 0 bridgehead atoms. The molecule has 0 spiro atoms. The minimum Gasteiger partial charge on any atom is -0.339 e. The van der Waals surface area contributed by atoms with E-state index in [4.69, 9.17) is 0 Å². The Bertz CT molecular complexity index is 670. The summed E-state index contributed by atoms with van der Waals surface area (Å²) in [5.74, 6) is -0.975. The number of hydrogen-bond acceptors (Lipinski definition) is 4. The van der Waals surface area contributed by atoms with Gasteiger partial charge in [-0.25, -0.2) is 4.39 Å². The van der Waals surface area contributed by atoms with Crippen molar-refractivity contribution in [1.82, 2.24) is 14.7 Å². The lowest BCUT2D eigenvalue weighted by atomic mass is 10.1. The van der Waals surface area contributed by atoms with Gasteiger partial charge in [0.1, 0.15) is 12.4 Å². The molecule has 2 heterocycles. The van der Waals surface area contributed by atoms with E-state index in [1.165, 1.54) is 6.07 Å². The minimum absolute atomic E-state index is 0.0693. The van der Waals surface area contributed by atoms with Crippen molar-refractivity contribution in [1.29, 1.82) is 0 Å². The molecule has 0 saturated carbocycles. The number of nitrogens with zero attached hydrogens (tertiary/aromatic N) is 3. The fourth-order valence-corrected chi connectivity index (χ4v) is 3.40. The summed E-state index contributed by atoms with van der Waals surface area (Å²) >= 11 is 0. The molecular formula is C18H22FN3O3. The number of piperazine rings is 1. The Morgan fingerprint density at radius 1 is 1.08 bits per heavy atom. The van der Waals surface area contributed by atoms with Gasteiger partial charge in [-0.1, -0.05) is 18.2 Å². The zero-order valence-electron chi connectivity index (χ0n) is 14.3. The van der Waals surface area contributed by atoms with E-state index in [0.29, 0.717) is 31.7 Å². The minimum atomic E-state index is -0.273. The highest BCUT2D eigenvalue weighted by atomic mass is 19.1. The monoisotopic (exact) mass is 347 g/mol. The first kappa shape index (κ1) is 17.5. The lowest BCUT2D eigenvalue weighted by Gasteiger charge is -2.38. The van der Waals surface area contributed by atoms with Crippen LogP contribution in [-0.4, -0.2) is 65.1 Å². The van der Waals surface area contributed by atoms with E-state index in [2.05, 4.69) is 4.90 Å². The van der Waals surface area contributed by atoms with Crippen LogP contribution in [0, 0.1) is 5.82 Å². The number of carbonyl (C=O) groups excluding carboxylic acids is 3. The molecule has 0 aromatic heterocycles. The van der Waals surface area contributed by atoms with Crippen LogP contribution in [0.4, 0.5) is 4.39 Å². The molecule has 6 nitrogen and oxygen atoms in total. The van der Waals surface area contributed by atoms with Gasteiger partial charge in [-0.2, -0.15) is 0 Å². The van der Waals surface area contributed by atoms with E-state index < -0.39 is 0 Å². The van der Waals surface area contributed by atoms with Gasteiger partial charge < -0.3 is 4.90 Å². The third-order valence-corrected chi connectivity index (χ3v) is 5.02. The molecule has 3 rings (SSSR count). The van der Waals surface area contributed by atoms with Gasteiger partial charge >= 0.3 is 0 Å². The van der Waals surface area contributed by atoms with Gasteiger partial charge in [0, 0.05) is 50.6 Å². The maximum atomic E-state index is 13.9. The number of imide groups is 1. The molecule has 1 atom stereocenters. The summed E-state index contributed by atoms with van der Waals surface area (Å²) in [6, 6.07) is 6.65. The van der Waals surface area contributed by atoms with Crippen molar-refractivity contribution in [3.05, 3.63) is 35.6 Å². The topological polar surface area (TPSA) is 60.9 Å². The SMILES string of the molecule is C[C@@H](c1ccccc1F)N1CCN(C(=O)CN2C(=O)CCC2=O)CC1. The number of benzene rings is 1. The molecule has 1 aromatic carbocycles. The highest BCUT2D eigenvalue weighted by Gasteiger charge is 2.33. The van der Waals surface area contributed by atoms with Gasteiger partial charge in [0.25, 0.3) is 0 Å². The highest BCUT2D eigenvalue weighted by Crippen LogP contribution is 2.24. The molecule has 3 amide bonds. The number of rotatable bonds is 4. The summed E-state index contributed by atoms with van der Waals surface area (Å²) in [6.45, 7) is 4.06. The maximum Gasteiger partial charge on any atom is 0.242 e. The predicted molar refractivity (Wildman–Crippen MR) is 88.9 cm³/mol. The zero-order chi connectivity index (χ0) is 18.0. The Balaban J connectivity index is 1.55. The first-order valence-corrected chi connectivity index (χ1v) is 8.57. The Morgan fingerprint density at radius 3 is 2.28 bits per heavy atom. The molecule has 1 aromatic rings. The van der Waals surface area contributed by atoms with Gasteiger partial charge in [-0.05, 0) is 13.0 Å². The fourth-order valence-electron chi connectivity index (χ4n) is 3.40. The molecule has 7 heteroatoms. The lowest BCUT2D eigenvalue weighted by molar-refractivity contribution is -0.146. The van der Waals surface area contributed by atoms with Crippen LogP contribution in [0.15, 0.2) is 24.3 Å². The number of carbonyl (C=O) groups is 3. The van der Waals surface area contributed by atoms with Gasteiger partial charge in [-0.15, -0.1) is 0 Å². The third-order valence-electron chi connectivity index (χ3n) is 5.02. The van der Waals surface area contributed by atoms with Crippen molar-refractivity contribution >= 4 is 17.7 Å². The molecule has 2 saturated heterocycles. The molecule has 25 heavy (non-hydrogen) atoms. The second kappa shape index (κ2) is 7.31. The zero-order valence-corrected chi connectivity index (χ0v) is 14.3. The number of amides is 3. The molecule has 2 fully saturated rings. The van der Waals surface area contributed by atoms with Crippen LogP contribution >= 0.6 is 0 Å². The van der Waals surface area contributed by atoms with Crippen LogP contribution in [0.2, 0.25) is 0 Å². The molecule has 2 aliphatic heterocycles. The average molecular weight is 347 g/mol. The average Bonchev–Trinajstić information content (AvgIpc) is 2.93. The van der Waals surface area contributed by atoms with E-state index in [1.807, 2.05) is 13.0 Å². The summed E-state index contributed by atoms with van der Waals surface area (Å²) in [5.41, 5.74) is 0.649. The molecule has 0 unspecified atom stereocenters. The molecule has 0 N–H and O–H groups in total. The highest BCUT2D eigenvalue weighted by molar-refractivity contribution is 6.04. The number of likely N-dealkylation sites (tertiary alicyclic amines) is 1. The predicted octanol–water partition coefficient (Wildman–Crippen LogP) is 1.18. The summed E-state index contributed by atoms with van der Waals surface area (Å²) in [7, 11) is 0. The normalized spacial score (nSPS) is 20.2. The molecular weight excluding hydrogens is 325 g/mol. The van der Waals surface area contributed by atoms with Crippen molar-refractivity contribution < 1.29 is 18.8 Å². The standard InChI is InChI=1S/C18H22FN3O3/c1-13(14-4-2-3-5-15(14)19)20-8-10-21(11-9-20)18(25)12-22-16(23)6-7-17(22)24/h2-5,13H,6-12H2,1H3/t13-/m0/s1. The smallest absolute Gasteiger partial charge is 0.242 e. The summed E-state index contributed by atoms with van der Waals surface area (Å²) in [6.07, 6.45) is 0.389. The van der Waals surface area contributed by atoms with Crippen LogP contribution in [-0.2, 0) is 14.4 Å². The van der Waals surface area contributed by atoms with Crippen molar-refractivity contribution in [3.8, 4) is 0 Å².